The van der Waals surface area contributed by atoms with Crippen molar-refractivity contribution < 1.29 is 9.90 Å². The van der Waals surface area contributed by atoms with Gasteiger partial charge in [0.15, 0.2) is 0 Å². The molecule has 0 radical (unpaired) electrons. The largest absolute Gasteiger partial charge is 0.391 e. The zero-order valence-electron chi connectivity index (χ0n) is 12.8. The van der Waals surface area contributed by atoms with Gasteiger partial charge in [-0.3, -0.25) is 9.69 Å². The van der Waals surface area contributed by atoms with E-state index < -0.39 is 0 Å². The zero-order valence-corrected chi connectivity index (χ0v) is 13.7. The van der Waals surface area contributed by atoms with E-state index in [1.54, 1.807) is 11.3 Å². The van der Waals surface area contributed by atoms with Crippen LogP contribution in [-0.2, 0) is 0 Å². The molecule has 21 heavy (non-hydrogen) atoms. The molecule has 5 heteroatoms. The number of aliphatic hydroxyl groups is 1. The standard InChI is InChI=1S/C16H24N2O2S/c1-11-10-13(12(2)21-11)16(20)18-8-6-17(7-9-18)14-4-3-5-15(14)19/h10,14-15,19H,3-9H2,1-2H3/t14-,15+/m1/s1. The molecule has 116 valence electrons. The molecule has 0 unspecified atom stereocenters. The molecule has 0 spiro atoms. The molecule has 1 aromatic rings. The molecule has 2 aliphatic rings. The highest BCUT2D eigenvalue weighted by atomic mass is 32.1. The van der Waals surface area contributed by atoms with Crippen LogP contribution in [0, 0.1) is 13.8 Å². The molecule has 1 aromatic heterocycles. The van der Waals surface area contributed by atoms with Gasteiger partial charge in [0, 0.05) is 42.0 Å². The van der Waals surface area contributed by atoms with E-state index in [-0.39, 0.29) is 12.0 Å². The number of aliphatic hydroxyl groups excluding tert-OH is 1. The van der Waals surface area contributed by atoms with Crippen molar-refractivity contribution in [3.8, 4) is 0 Å². The number of aryl methyl sites for hydroxylation is 2. The third-order valence-corrected chi connectivity index (χ3v) is 5.75. The quantitative estimate of drug-likeness (QED) is 0.909. The highest BCUT2D eigenvalue weighted by Gasteiger charge is 2.33. The first-order chi connectivity index (χ1) is 10.1. The fourth-order valence-corrected chi connectivity index (χ4v) is 4.53. The summed E-state index contributed by atoms with van der Waals surface area (Å²) >= 11 is 1.69. The van der Waals surface area contributed by atoms with Crippen LogP contribution in [0.1, 0.15) is 39.4 Å². The Morgan fingerprint density at radius 2 is 1.95 bits per heavy atom. The number of amides is 1. The van der Waals surface area contributed by atoms with Crippen molar-refractivity contribution in [1.29, 1.82) is 0 Å². The number of hydrogen-bond donors (Lipinski definition) is 1. The molecule has 2 heterocycles. The van der Waals surface area contributed by atoms with Gasteiger partial charge in [0.2, 0.25) is 0 Å². The third kappa shape index (κ3) is 3.00. The van der Waals surface area contributed by atoms with E-state index in [2.05, 4.69) is 4.90 Å². The van der Waals surface area contributed by atoms with Crippen LogP contribution >= 0.6 is 11.3 Å². The van der Waals surface area contributed by atoms with E-state index in [4.69, 9.17) is 0 Å². The van der Waals surface area contributed by atoms with Gasteiger partial charge < -0.3 is 10.0 Å². The lowest BCUT2D eigenvalue weighted by molar-refractivity contribution is 0.0315. The Morgan fingerprint density at radius 1 is 1.24 bits per heavy atom. The smallest absolute Gasteiger partial charge is 0.255 e. The van der Waals surface area contributed by atoms with Crippen LogP contribution in [-0.4, -0.2) is 59.1 Å². The average molecular weight is 308 g/mol. The monoisotopic (exact) mass is 308 g/mol. The molecular formula is C16H24N2O2S. The topological polar surface area (TPSA) is 43.8 Å². The summed E-state index contributed by atoms with van der Waals surface area (Å²) < 4.78 is 0. The highest BCUT2D eigenvalue weighted by Crippen LogP contribution is 2.26. The number of thiophene rings is 1. The van der Waals surface area contributed by atoms with Gasteiger partial charge >= 0.3 is 0 Å². The molecule has 0 bridgehead atoms. The molecule has 1 amide bonds. The van der Waals surface area contributed by atoms with Crippen molar-refractivity contribution in [3.05, 3.63) is 21.4 Å². The lowest BCUT2D eigenvalue weighted by atomic mass is 10.1. The summed E-state index contributed by atoms with van der Waals surface area (Å²) in [4.78, 5) is 19.2. The SMILES string of the molecule is Cc1cc(C(=O)N2CCN([C@@H]3CCC[C@@H]3O)CC2)c(C)s1. The van der Waals surface area contributed by atoms with E-state index in [0.29, 0.717) is 6.04 Å². The molecule has 3 rings (SSSR count). The second-order valence-corrected chi connectivity index (χ2v) is 7.68. The van der Waals surface area contributed by atoms with Crippen LogP contribution in [0.5, 0.6) is 0 Å². The summed E-state index contributed by atoms with van der Waals surface area (Å²) in [6.07, 6.45) is 2.97. The summed E-state index contributed by atoms with van der Waals surface area (Å²) in [5.74, 6) is 0.170. The number of carbonyl (C=O) groups excluding carboxylic acids is 1. The van der Waals surface area contributed by atoms with Crippen molar-refractivity contribution in [2.75, 3.05) is 26.2 Å². The van der Waals surface area contributed by atoms with Crippen LogP contribution in [0.25, 0.3) is 0 Å². The molecular weight excluding hydrogens is 284 g/mol. The first kappa shape index (κ1) is 15.0. The molecule has 2 atom stereocenters. The Hall–Kier alpha value is -0.910. The minimum Gasteiger partial charge on any atom is -0.391 e. The van der Waals surface area contributed by atoms with Crippen molar-refractivity contribution in [2.24, 2.45) is 0 Å². The van der Waals surface area contributed by atoms with Gasteiger partial charge in [0.1, 0.15) is 0 Å². The van der Waals surface area contributed by atoms with Crippen LogP contribution in [0.2, 0.25) is 0 Å². The minimum atomic E-state index is -0.172. The van der Waals surface area contributed by atoms with Crippen molar-refractivity contribution >= 4 is 17.2 Å². The number of nitrogens with zero attached hydrogens (tertiary/aromatic N) is 2. The predicted octanol–water partition coefficient (Wildman–Crippen LogP) is 2.04. The highest BCUT2D eigenvalue weighted by molar-refractivity contribution is 7.12. The number of rotatable bonds is 2. The predicted molar refractivity (Wildman–Crippen MR) is 84.9 cm³/mol. The average Bonchev–Trinajstić information content (AvgIpc) is 3.04. The molecule has 4 nitrogen and oxygen atoms in total. The van der Waals surface area contributed by atoms with Gasteiger partial charge in [0.25, 0.3) is 5.91 Å². The van der Waals surface area contributed by atoms with E-state index in [0.717, 1.165) is 55.9 Å². The first-order valence-corrected chi connectivity index (χ1v) is 8.66. The van der Waals surface area contributed by atoms with Crippen molar-refractivity contribution in [2.45, 2.75) is 45.3 Å². The summed E-state index contributed by atoms with van der Waals surface area (Å²) in [6.45, 7) is 7.39. The Balaban J connectivity index is 1.60. The summed E-state index contributed by atoms with van der Waals surface area (Å²) in [5.41, 5.74) is 0.867. The maximum absolute atomic E-state index is 12.6. The molecule has 1 N–H and O–H groups in total. The van der Waals surface area contributed by atoms with Crippen LogP contribution in [0.15, 0.2) is 6.07 Å². The molecule has 1 saturated carbocycles. The Kier molecular flexibility index (Phi) is 4.33. The summed E-state index contributed by atoms with van der Waals surface area (Å²) in [7, 11) is 0. The van der Waals surface area contributed by atoms with Gasteiger partial charge in [-0.2, -0.15) is 0 Å². The van der Waals surface area contributed by atoms with Gasteiger partial charge in [0.05, 0.1) is 11.7 Å². The summed E-state index contributed by atoms with van der Waals surface area (Å²) in [5, 5.41) is 10.0. The minimum absolute atomic E-state index is 0.170. The van der Waals surface area contributed by atoms with E-state index in [1.807, 2.05) is 24.8 Å². The molecule has 1 aliphatic heterocycles. The fraction of sp³-hybridized carbons (Fsp3) is 0.688. The fourth-order valence-electron chi connectivity index (χ4n) is 3.62. The van der Waals surface area contributed by atoms with Crippen LogP contribution < -0.4 is 0 Å². The Morgan fingerprint density at radius 3 is 2.48 bits per heavy atom. The second kappa shape index (κ2) is 6.07. The van der Waals surface area contributed by atoms with Gasteiger partial charge in [-0.25, -0.2) is 0 Å². The normalized spacial score (nSPS) is 27.3. The van der Waals surface area contributed by atoms with E-state index in [1.165, 1.54) is 4.88 Å². The summed E-state index contributed by atoms with van der Waals surface area (Å²) in [6, 6.07) is 2.32. The molecule has 1 saturated heterocycles. The Bertz CT molecular complexity index is 520. The van der Waals surface area contributed by atoms with Crippen molar-refractivity contribution in [3.63, 3.8) is 0 Å². The second-order valence-electron chi connectivity index (χ2n) is 6.22. The Labute approximate surface area is 130 Å². The molecule has 2 fully saturated rings. The number of hydrogen-bond acceptors (Lipinski definition) is 4. The lowest BCUT2D eigenvalue weighted by Crippen LogP contribution is -2.53. The van der Waals surface area contributed by atoms with Crippen molar-refractivity contribution in [1.82, 2.24) is 9.80 Å². The number of carbonyl (C=O) groups is 1. The van der Waals surface area contributed by atoms with Crippen LogP contribution in [0.4, 0.5) is 0 Å². The van der Waals surface area contributed by atoms with Gasteiger partial charge in [-0.15, -0.1) is 11.3 Å². The molecule has 0 aromatic carbocycles. The number of piperazine rings is 1. The maximum atomic E-state index is 12.6. The van der Waals surface area contributed by atoms with Crippen LogP contribution in [0.3, 0.4) is 0 Å². The van der Waals surface area contributed by atoms with E-state index >= 15 is 0 Å². The lowest BCUT2D eigenvalue weighted by Gasteiger charge is -2.39. The third-order valence-electron chi connectivity index (χ3n) is 4.79. The van der Waals surface area contributed by atoms with E-state index in [9.17, 15) is 9.90 Å². The molecule has 1 aliphatic carbocycles. The maximum Gasteiger partial charge on any atom is 0.255 e. The zero-order chi connectivity index (χ0) is 15.0. The van der Waals surface area contributed by atoms with Gasteiger partial charge in [-0.05, 0) is 39.2 Å². The van der Waals surface area contributed by atoms with Gasteiger partial charge in [-0.1, -0.05) is 0 Å². The first-order valence-electron chi connectivity index (χ1n) is 7.84.